The molecule has 40 heavy (non-hydrogen) atoms. The van der Waals surface area contributed by atoms with Gasteiger partial charge in [0.2, 0.25) is 0 Å². The largest absolute Gasteiger partial charge is 0.368 e. The summed E-state index contributed by atoms with van der Waals surface area (Å²) in [6.07, 6.45) is 1.58. The summed E-state index contributed by atoms with van der Waals surface area (Å²) in [7, 11) is 1.64. The van der Waals surface area contributed by atoms with E-state index >= 15 is 0 Å². The SMILES string of the molecule is CO[C@H]1O[C@H](/C=C/c2ccccc2)[C@@H](OCc2ccccc2)[C@H](OCc2ccccc2)[C@@H]1OCc1ccccc1. The fourth-order valence-corrected chi connectivity index (χ4v) is 4.81. The van der Waals surface area contributed by atoms with Crippen molar-refractivity contribution in [3.05, 3.63) is 150 Å². The van der Waals surface area contributed by atoms with Crippen molar-refractivity contribution in [3.8, 4) is 0 Å². The van der Waals surface area contributed by atoms with Gasteiger partial charge in [-0.2, -0.15) is 0 Å². The first-order valence-corrected chi connectivity index (χ1v) is 13.7. The molecule has 0 N–H and O–H groups in total. The van der Waals surface area contributed by atoms with E-state index < -0.39 is 30.7 Å². The molecular weight excluding hydrogens is 500 g/mol. The van der Waals surface area contributed by atoms with E-state index in [1.807, 2.05) is 91.0 Å². The van der Waals surface area contributed by atoms with Crippen LogP contribution in [0.3, 0.4) is 0 Å². The zero-order valence-electron chi connectivity index (χ0n) is 22.8. The first-order valence-electron chi connectivity index (χ1n) is 13.7. The molecule has 0 saturated carbocycles. The fourth-order valence-electron chi connectivity index (χ4n) is 4.81. The zero-order chi connectivity index (χ0) is 27.4. The molecule has 206 valence electrons. The Morgan fingerprint density at radius 1 is 0.550 bits per heavy atom. The molecule has 0 aromatic heterocycles. The summed E-state index contributed by atoms with van der Waals surface area (Å²) in [5, 5.41) is 0. The van der Waals surface area contributed by atoms with Gasteiger partial charge in [-0.25, -0.2) is 0 Å². The monoisotopic (exact) mass is 536 g/mol. The van der Waals surface area contributed by atoms with Crippen molar-refractivity contribution in [2.45, 2.75) is 50.5 Å². The van der Waals surface area contributed by atoms with Crippen molar-refractivity contribution in [2.24, 2.45) is 0 Å². The van der Waals surface area contributed by atoms with Crippen LogP contribution in [0.4, 0.5) is 0 Å². The molecule has 0 amide bonds. The highest BCUT2D eigenvalue weighted by atomic mass is 16.7. The Morgan fingerprint density at radius 2 is 0.975 bits per heavy atom. The quantitative estimate of drug-likeness (QED) is 0.199. The van der Waals surface area contributed by atoms with Crippen LogP contribution in [0.15, 0.2) is 127 Å². The van der Waals surface area contributed by atoms with Gasteiger partial charge >= 0.3 is 0 Å². The fraction of sp³-hybridized carbons (Fsp3) is 0.257. The molecule has 1 aliphatic rings. The lowest BCUT2D eigenvalue weighted by Gasteiger charge is -2.45. The number of benzene rings is 4. The Hall–Kier alpha value is -3.58. The summed E-state index contributed by atoms with van der Waals surface area (Å²) in [5.41, 5.74) is 4.28. The molecular formula is C35H36O5. The molecule has 0 unspecified atom stereocenters. The van der Waals surface area contributed by atoms with Crippen LogP contribution in [0.1, 0.15) is 22.3 Å². The molecule has 0 aliphatic carbocycles. The van der Waals surface area contributed by atoms with E-state index in [1.54, 1.807) is 7.11 Å². The smallest absolute Gasteiger partial charge is 0.186 e. The maximum atomic E-state index is 6.64. The highest BCUT2D eigenvalue weighted by Crippen LogP contribution is 2.31. The first-order chi connectivity index (χ1) is 19.8. The zero-order valence-corrected chi connectivity index (χ0v) is 22.8. The van der Waals surface area contributed by atoms with Crippen LogP contribution < -0.4 is 0 Å². The molecule has 0 spiro atoms. The highest BCUT2D eigenvalue weighted by molar-refractivity contribution is 5.49. The summed E-state index contributed by atoms with van der Waals surface area (Å²) in [4.78, 5) is 0. The minimum atomic E-state index is -0.647. The van der Waals surface area contributed by atoms with Crippen LogP contribution in [0, 0.1) is 0 Å². The van der Waals surface area contributed by atoms with Crippen LogP contribution in [-0.4, -0.2) is 37.8 Å². The van der Waals surface area contributed by atoms with Crippen molar-refractivity contribution < 1.29 is 23.7 Å². The summed E-state index contributed by atoms with van der Waals surface area (Å²) in [6.45, 7) is 1.22. The first kappa shape index (κ1) is 28.0. The van der Waals surface area contributed by atoms with Gasteiger partial charge in [-0.3, -0.25) is 0 Å². The third-order valence-corrected chi connectivity index (χ3v) is 6.90. The molecule has 5 rings (SSSR count). The molecule has 0 radical (unpaired) electrons. The Bertz CT molecular complexity index is 1280. The Labute approximate surface area is 236 Å². The maximum absolute atomic E-state index is 6.64. The molecule has 5 nitrogen and oxygen atoms in total. The molecule has 4 aromatic carbocycles. The summed E-state index contributed by atoms with van der Waals surface area (Å²) in [5.74, 6) is 0. The normalized spacial score (nSPS) is 22.9. The van der Waals surface area contributed by atoms with E-state index in [9.17, 15) is 0 Å². The minimum Gasteiger partial charge on any atom is -0.368 e. The van der Waals surface area contributed by atoms with Gasteiger partial charge in [-0.1, -0.05) is 133 Å². The van der Waals surface area contributed by atoms with E-state index in [4.69, 9.17) is 23.7 Å². The molecule has 5 atom stereocenters. The van der Waals surface area contributed by atoms with E-state index in [2.05, 4.69) is 42.5 Å². The van der Waals surface area contributed by atoms with Gasteiger partial charge < -0.3 is 23.7 Å². The van der Waals surface area contributed by atoms with Crippen LogP contribution in [0.25, 0.3) is 6.08 Å². The Kier molecular flexibility index (Phi) is 10.3. The van der Waals surface area contributed by atoms with Crippen LogP contribution in [-0.2, 0) is 43.5 Å². The second kappa shape index (κ2) is 14.7. The van der Waals surface area contributed by atoms with Crippen molar-refractivity contribution in [3.63, 3.8) is 0 Å². The molecule has 4 aromatic rings. The molecule has 1 heterocycles. The highest BCUT2D eigenvalue weighted by Gasteiger charge is 2.48. The maximum Gasteiger partial charge on any atom is 0.186 e. The van der Waals surface area contributed by atoms with Gasteiger partial charge in [-0.05, 0) is 22.3 Å². The molecule has 1 fully saturated rings. The van der Waals surface area contributed by atoms with Gasteiger partial charge in [0.15, 0.2) is 6.29 Å². The van der Waals surface area contributed by atoms with Gasteiger partial charge in [0.05, 0.1) is 19.8 Å². The van der Waals surface area contributed by atoms with Gasteiger partial charge in [0.1, 0.15) is 24.4 Å². The third kappa shape index (κ3) is 7.75. The average Bonchev–Trinajstić information content (AvgIpc) is 3.03. The van der Waals surface area contributed by atoms with Crippen LogP contribution in [0.5, 0.6) is 0 Å². The Morgan fingerprint density at radius 3 is 1.45 bits per heavy atom. The second-order valence-corrected chi connectivity index (χ2v) is 9.76. The molecule has 5 heteroatoms. The van der Waals surface area contributed by atoms with E-state index in [1.165, 1.54) is 0 Å². The van der Waals surface area contributed by atoms with Gasteiger partial charge in [-0.15, -0.1) is 0 Å². The van der Waals surface area contributed by atoms with Crippen LogP contribution in [0.2, 0.25) is 0 Å². The third-order valence-electron chi connectivity index (χ3n) is 6.90. The van der Waals surface area contributed by atoms with E-state index in [-0.39, 0.29) is 0 Å². The minimum absolute atomic E-state index is 0.399. The van der Waals surface area contributed by atoms with Crippen molar-refractivity contribution in [1.82, 2.24) is 0 Å². The van der Waals surface area contributed by atoms with E-state index in [0.717, 1.165) is 22.3 Å². The number of methoxy groups -OCH3 is 1. The Balaban J connectivity index is 1.44. The lowest BCUT2D eigenvalue weighted by atomic mass is 9.96. The number of rotatable bonds is 12. The van der Waals surface area contributed by atoms with E-state index in [0.29, 0.717) is 19.8 Å². The lowest BCUT2D eigenvalue weighted by molar-refractivity contribution is -0.309. The second-order valence-electron chi connectivity index (χ2n) is 9.76. The van der Waals surface area contributed by atoms with Gasteiger partial charge in [0.25, 0.3) is 0 Å². The number of hydrogen-bond donors (Lipinski definition) is 0. The van der Waals surface area contributed by atoms with Crippen molar-refractivity contribution >= 4 is 6.08 Å². The molecule has 1 aliphatic heterocycles. The van der Waals surface area contributed by atoms with Crippen molar-refractivity contribution in [2.75, 3.05) is 7.11 Å². The predicted octanol–water partition coefficient (Wildman–Crippen LogP) is 6.83. The average molecular weight is 537 g/mol. The standard InChI is InChI=1S/C35H36O5/c1-36-35-34(39-26-30-20-12-5-13-21-30)33(38-25-29-18-10-4-11-19-29)32(37-24-28-16-8-3-9-17-28)31(40-35)23-22-27-14-6-2-7-15-27/h2-23,31-35H,24-26H2,1H3/b23-22+/t31-,32-,33+,34+,35+/m1/s1. The predicted molar refractivity (Wildman–Crippen MR) is 156 cm³/mol. The molecule has 1 saturated heterocycles. The van der Waals surface area contributed by atoms with Gasteiger partial charge in [0, 0.05) is 7.11 Å². The lowest BCUT2D eigenvalue weighted by Crippen LogP contribution is -2.60. The van der Waals surface area contributed by atoms with Crippen LogP contribution >= 0.6 is 0 Å². The van der Waals surface area contributed by atoms with Crippen molar-refractivity contribution in [1.29, 1.82) is 0 Å². The summed E-state index contributed by atoms with van der Waals surface area (Å²) < 4.78 is 32.1. The molecule has 0 bridgehead atoms. The summed E-state index contributed by atoms with van der Waals surface area (Å²) >= 11 is 0. The summed E-state index contributed by atoms with van der Waals surface area (Å²) in [6, 6.07) is 40.5. The number of ether oxygens (including phenoxy) is 5. The topological polar surface area (TPSA) is 46.2 Å². The number of hydrogen-bond acceptors (Lipinski definition) is 5.